The summed E-state index contributed by atoms with van der Waals surface area (Å²) in [5.74, 6) is -0.209. The van der Waals surface area contributed by atoms with Gasteiger partial charge in [0.05, 0.1) is 6.61 Å². The zero-order chi connectivity index (χ0) is 17.3. The molecule has 24 heavy (non-hydrogen) atoms. The molecule has 130 valence electrons. The van der Waals surface area contributed by atoms with Gasteiger partial charge in [-0.2, -0.15) is 0 Å². The van der Waals surface area contributed by atoms with Crippen LogP contribution in [0, 0.1) is 5.82 Å². The third-order valence-corrected chi connectivity index (χ3v) is 3.87. The molecule has 9 nitrogen and oxygen atoms in total. The maximum absolute atomic E-state index is 13.7. The predicted octanol–water partition coefficient (Wildman–Crippen LogP) is -1.62. The van der Waals surface area contributed by atoms with E-state index in [0.717, 1.165) is 4.80 Å². The fraction of sp³-hybridized carbons (Fsp3) is 0.500. The van der Waals surface area contributed by atoms with Crippen LogP contribution in [0.5, 0.6) is 0 Å². The van der Waals surface area contributed by atoms with Gasteiger partial charge in [-0.05, 0) is 16.8 Å². The molecule has 0 bridgehead atoms. The second-order valence-electron chi connectivity index (χ2n) is 5.51. The number of hydrogen-bond acceptors (Lipinski definition) is 8. The number of aliphatic hydroxyl groups excluding tert-OH is 4. The van der Waals surface area contributed by atoms with Gasteiger partial charge < -0.3 is 25.2 Å². The van der Waals surface area contributed by atoms with E-state index in [1.807, 2.05) is 0 Å². The quantitative estimate of drug-likeness (QED) is 0.522. The summed E-state index contributed by atoms with van der Waals surface area (Å²) >= 11 is 0. The Kier molecular flexibility index (Phi) is 4.83. The Balaban J connectivity index is 1.78. The molecule has 1 aromatic carbocycles. The maximum Gasteiger partial charge on any atom is 0.199 e. The number of rotatable bonds is 4. The molecule has 0 spiro atoms. The van der Waals surface area contributed by atoms with E-state index in [-0.39, 0.29) is 12.2 Å². The van der Waals surface area contributed by atoms with Crippen molar-refractivity contribution in [1.29, 1.82) is 0 Å². The lowest BCUT2D eigenvalue weighted by Gasteiger charge is -2.38. The van der Waals surface area contributed by atoms with Crippen molar-refractivity contribution < 1.29 is 29.6 Å². The molecular weight excluding hydrogens is 323 g/mol. The molecule has 0 saturated carbocycles. The van der Waals surface area contributed by atoms with E-state index in [1.165, 1.54) is 6.07 Å². The summed E-state index contributed by atoms with van der Waals surface area (Å²) in [7, 11) is 0. The third kappa shape index (κ3) is 3.14. The number of tetrazole rings is 1. The summed E-state index contributed by atoms with van der Waals surface area (Å²) < 4.78 is 19.0. The van der Waals surface area contributed by atoms with Crippen molar-refractivity contribution in [3.8, 4) is 0 Å². The minimum atomic E-state index is -1.54. The van der Waals surface area contributed by atoms with E-state index in [4.69, 9.17) is 4.74 Å². The highest BCUT2D eigenvalue weighted by Crippen LogP contribution is 2.27. The van der Waals surface area contributed by atoms with Gasteiger partial charge >= 0.3 is 0 Å². The number of nitrogens with zero attached hydrogens (tertiary/aromatic N) is 4. The summed E-state index contributed by atoms with van der Waals surface area (Å²) in [4.78, 5) is 0.929. The van der Waals surface area contributed by atoms with Gasteiger partial charge in [-0.15, -0.1) is 15.0 Å². The second kappa shape index (κ2) is 6.87. The fourth-order valence-corrected chi connectivity index (χ4v) is 2.52. The van der Waals surface area contributed by atoms with E-state index in [1.54, 1.807) is 18.2 Å². The summed E-state index contributed by atoms with van der Waals surface area (Å²) in [5, 5.41) is 50.2. The largest absolute Gasteiger partial charge is 0.394 e. The van der Waals surface area contributed by atoms with Crippen molar-refractivity contribution in [1.82, 2.24) is 20.2 Å². The monoisotopic (exact) mass is 340 g/mol. The first-order chi connectivity index (χ1) is 11.5. The average molecular weight is 340 g/mol. The number of hydrogen-bond donors (Lipinski definition) is 4. The van der Waals surface area contributed by atoms with E-state index < -0.39 is 43.1 Å². The Morgan fingerprint density at radius 2 is 1.88 bits per heavy atom. The van der Waals surface area contributed by atoms with Crippen LogP contribution in [0.3, 0.4) is 0 Å². The number of ether oxygens (including phenoxy) is 1. The standard InChI is InChI=1S/C14H17FN4O5/c15-8-4-2-1-3-7(8)5-10-16-18-19(17-10)14-13(23)12(22)11(21)9(6-20)24-14/h1-4,9,11-14,20-23H,5-6H2/t9-,11-,12+,13-,14-/m1/s1. The molecule has 1 saturated heterocycles. The first-order valence-corrected chi connectivity index (χ1v) is 7.33. The number of aliphatic hydroxyl groups is 4. The lowest BCUT2D eigenvalue weighted by atomic mass is 9.99. The van der Waals surface area contributed by atoms with Crippen LogP contribution in [-0.4, -0.2) is 71.7 Å². The second-order valence-corrected chi connectivity index (χ2v) is 5.51. The van der Waals surface area contributed by atoms with Crippen molar-refractivity contribution in [3.63, 3.8) is 0 Å². The lowest BCUT2D eigenvalue weighted by molar-refractivity contribution is -0.257. The van der Waals surface area contributed by atoms with Gasteiger partial charge in [0.1, 0.15) is 30.2 Å². The molecule has 0 unspecified atom stereocenters. The van der Waals surface area contributed by atoms with E-state index in [0.29, 0.717) is 5.56 Å². The predicted molar refractivity (Wildman–Crippen MR) is 76.0 cm³/mol. The molecule has 0 radical (unpaired) electrons. The van der Waals surface area contributed by atoms with Gasteiger partial charge in [0.15, 0.2) is 12.1 Å². The highest BCUT2D eigenvalue weighted by Gasteiger charge is 2.45. The Labute approximate surface area is 135 Å². The summed E-state index contributed by atoms with van der Waals surface area (Å²) in [5.41, 5.74) is 0.380. The lowest BCUT2D eigenvalue weighted by Crippen LogP contribution is -2.56. The van der Waals surface area contributed by atoms with E-state index >= 15 is 0 Å². The minimum absolute atomic E-state index is 0.0874. The van der Waals surface area contributed by atoms with Crippen molar-refractivity contribution in [2.24, 2.45) is 0 Å². The highest BCUT2D eigenvalue weighted by molar-refractivity contribution is 5.20. The van der Waals surface area contributed by atoms with Crippen LogP contribution < -0.4 is 0 Å². The molecule has 2 aromatic rings. The van der Waals surface area contributed by atoms with Crippen LogP contribution in [-0.2, 0) is 11.2 Å². The van der Waals surface area contributed by atoms with Crippen molar-refractivity contribution in [2.45, 2.75) is 37.1 Å². The number of benzene rings is 1. The first-order valence-electron chi connectivity index (χ1n) is 7.33. The zero-order valence-electron chi connectivity index (χ0n) is 12.5. The van der Waals surface area contributed by atoms with Gasteiger partial charge in [0.2, 0.25) is 0 Å². The summed E-state index contributed by atoms with van der Waals surface area (Å²) in [6.07, 6.45) is -6.75. The first kappa shape index (κ1) is 16.9. The van der Waals surface area contributed by atoms with Crippen LogP contribution in [0.25, 0.3) is 0 Å². The smallest absolute Gasteiger partial charge is 0.199 e. The van der Waals surface area contributed by atoms with Crippen LogP contribution in [0.4, 0.5) is 4.39 Å². The van der Waals surface area contributed by atoms with Crippen molar-refractivity contribution in [3.05, 3.63) is 41.5 Å². The van der Waals surface area contributed by atoms with E-state index in [2.05, 4.69) is 15.4 Å². The topological polar surface area (TPSA) is 134 Å². The van der Waals surface area contributed by atoms with Crippen molar-refractivity contribution in [2.75, 3.05) is 6.61 Å². The molecule has 4 N–H and O–H groups in total. The Morgan fingerprint density at radius 3 is 2.58 bits per heavy atom. The van der Waals surface area contributed by atoms with Gasteiger partial charge in [-0.1, -0.05) is 18.2 Å². The highest BCUT2D eigenvalue weighted by atomic mass is 19.1. The Morgan fingerprint density at radius 1 is 1.12 bits per heavy atom. The zero-order valence-corrected chi connectivity index (χ0v) is 12.5. The molecule has 0 amide bonds. The van der Waals surface area contributed by atoms with Crippen LogP contribution >= 0.6 is 0 Å². The van der Waals surface area contributed by atoms with Gasteiger partial charge in [0, 0.05) is 6.42 Å². The van der Waals surface area contributed by atoms with Crippen molar-refractivity contribution >= 4 is 0 Å². The Hall–Kier alpha value is -1.98. The summed E-state index contributed by atoms with van der Waals surface area (Å²) in [6, 6.07) is 6.15. The molecule has 1 aliphatic heterocycles. The molecule has 3 rings (SSSR count). The molecule has 5 atom stereocenters. The normalized spacial score (nSPS) is 30.5. The SMILES string of the molecule is OC[C@H]1O[C@@H](n2nnc(Cc3ccccc3F)n2)[C@H](O)[C@@H](O)[C@@H]1O. The molecule has 0 aliphatic carbocycles. The number of halogens is 1. The average Bonchev–Trinajstić information content (AvgIpc) is 3.03. The fourth-order valence-electron chi connectivity index (χ4n) is 2.52. The number of aromatic nitrogens is 4. The van der Waals surface area contributed by atoms with Gasteiger partial charge in [-0.3, -0.25) is 0 Å². The summed E-state index contributed by atoms with van der Waals surface area (Å²) in [6.45, 7) is -0.557. The van der Waals surface area contributed by atoms with Crippen LogP contribution in [0.2, 0.25) is 0 Å². The van der Waals surface area contributed by atoms with Crippen LogP contribution in [0.15, 0.2) is 24.3 Å². The van der Waals surface area contributed by atoms with E-state index in [9.17, 15) is 24.8 Å². The Bertz CT molecular complexity index is 697. The maximum atomic E-state index is 13.7. The minimum Gasteiger partial charge on any atom is -0.394 e. The molecule has 1 aliphatic rings. The van der Waals surface area contributed by atoms with Gasteiger partial charge in [-0.25, -0.2) is 4.39 Å². The molecule has 1 fully saturated rings. The molecule has 2 heterocycles. The molecule has 1 aromatic heterocycles. The van der Waals surface area contributed by atoms with Gasteiger partial charge in [0.25, 0.3) is 0 Å². The molecule has 10 heteroatoms. The van der Waals surface area contributed by atoms with Crippen LogP contribution in [0.1, 0.15) is 17.6 Å². The molecular formula is C14H17FN4O5. The third-order valence-electron chi connectivity index (χ3n) is 3.87.